The van der Waals surface area contributed by atoms with Crippen LogP contribution in [0.25, 0.3) is 0 Å². The Kier molecular flexibility index (Phi) is 14.3. The molecule has 0 atom stereocenters. The summed E-state index contributed by atoms with van der Waals surface area (Å²) in [5.74, 6) is 0. The van der Waals surface area contributed by atoms with E-state index in [0.29, 0.717) is 0 Å². The first-order valence-electron chi connectivity index (χ1n) is 27.9. The van der Waals surface area contributed by atoms with Crippen LogP contribution in [-0.4, -0.2) is 6.54 Å². The Labute approximate surface area is 476 Å². The fraction of sp³-hybridized carbons (Fsp3) is 0.0400. The van der Waals surface area contributed by atoms with Crippen molar-refractivity contribution >= 4 is 96.7 Å². The van der Waals surface area contributed by atoms with E-state index < -0.39 is 0 Å². The number of fused-ring (bicyclic) bond motifs is 1. The molecule has 12 aromatic rings. The second kappa shape index (κ2) is 23.2. The number of benzene rings is 12. The van der Waals surface area contributed by atoms with Crippen LogP contribution in [0.5, 0.6) is 0 Å². The van der Waals surface area contributed by atoms with Crippen LogP contribution < -0.4 is 29.4 Å². The van der Waals surface area contributed by atoms with Crippen LogP contribution >= 0.6 is 0 Å². The van der Waals surface area contributed by atoms with E-state index >= 15 is 0 Å². The van der Waals surface area contributed by atoms with Gasteiger partial charge < -0.3 is 29.4 Å². The molecular formula is C75H60N6. The maximum atomic E-state index is 2.56. The molecule has 0 aromatic heterocycles. The summed E-state index contributed by atoms with van der Waals surface area (Å²) in [6.07, 6.45) is 1.84. The molecular weight excluding hydrogens is 985 g/mol. The van der Waals surface area contributed by atoms with Gasteiger partial charge in [-0.2, -0.15) is 0 Å². The van der Waals surface area contributed by atoms with Gasteiger partial charge in [0.25, 0.3) is 0 Å². The zero-order valence-electron chi connectivity index (χ0n) is 45.0. The molecule has 0 aliphatic carbocycles. The first kappa shape index (κ1) is 50.0. The molecule has 12 aromatic carbocycles. The molecule has 0 spiro atoms. The van der Waals surface area contributed by atoms with Gasteiger partial charge in [-0.05, 0) is 176 Å². The Balaban J connectivity index is 1.03. The van der Waals surface area contributed by atoms with Gasteiger partial charge in [0, 0.05) is 69.1 Å². The molecule has 0 bridgehead atoms. The third kappa shape index (κ3) is 10.5. The van der Waals surface area contributed by atoms with Crippen LogP contribution in [0.3, 0.4) is 0 Å². The summed E-state index contributed by atoms with van der Waals surface area (Å²) < 4.78 is 0. The van der Waals surface area contributed by atoms with Crippen molar-refractivity contribution in [2.45, 2.75) is 12.8 Å². The van der Waals surface area contributed by atoms with Crippen molar-refractivity contribution in [2.75, 3.05) is 35.9 Å². The largest absolute Gasteiger partial charge is 0.341 e. The lowest BCUT2D eigenvalue weighted by molar-refractivity contribution is 0.766. The highest BCUT2D eigenvalue weighted by Crippen LogP contribution is 2.50. The standard InChI is InChI=1S/C75H60N6/c1-10-30-58(31-11-1)77(59-32-12-2-13-33-59)68-52-67(53-69(54-68)78(60-34-14-3-15-35-60)61-36-16-4-17-37-61)76-51-29-48-73-74(76)49-28-50-75(73)81(66-46-26-9-27-47-66)72-56-70(79(62-38-18-5-19-39-62)63-40-20-6-21-41-63)55-71(57-72)80(64-42-22-7-23-43-64)65-44-24-8-25-45-65/h1-28,30-47,49-50,52-57H,29,48,51H2. The molecule has 0 amide bonds. The minimum absolute atomic E-state index is 0.837. The molecule has 0 unspecified atom stereocenters. The van der Waals surface area contributed by atoms with Gasteiger partial charge in [0.05, 0.1) is 34.1 Å². The quantitative estimate of drug-likeness (QED) is 0.0954. The molecule has 6 nitrogen and oxygen atoms in total. The average molecular weight is 1050 g/mol. The maximum Gasteiger partial charge on any atom is 0.0514 e. The molecule has 0 saturated heterocycles. The van der Waals surface area contributed by atoms with Gasteiger partial charge in [0.1, 0.15) is 0 Å². The monoisotopic (exact) mass is 1040 g/mol. The predicted molar refractivity (Wildman–Crippen MR) is 342 cm³/mol. The number of anilines is 17. The van der Waals surface area contributed by atoms with E-state index in [9.17, 15) is 0 Å². The van der Waals surface area contributed by atoms with E-state index in [-0.39, 0.29) is 0 Å². The van der Waals surface area contributed by atoms with E-state index in [4.69, 9.17) is 0 Å². The van der Waals surface area contributed by atoms with Crippen molar-refractivity contribution in [3.8, 4) is 0 Å². The second-order valence-corrected chi connectivity index (χ2v) is 20.1. The summed E-state index contributed by atoms with van der Waals surface area (Å²) in [4.78, 5) is 14.6. The molecule has 6 heteroatoms. The lowest BCUT2D eigenvalue weighted by Gasteiger charge is -2.38. The van der Waals surface area contributed by atoms with Gasteiger partial charge in [-0.15, -0.1) is 0 Å². The summed E-state index contributed by atoms with van der Waals surface area (Å²) in [6.45, 7) is 0.837. The summed E-state index contributed by atoms with van der Waals surface area (Å²) >= 11 is 0. The van der Waals surface area contributed by atoms with Crippen LogP contribution in [0, 0.1) is 0 Å². The number of rotatable bonds is 16. The summed E-state index contributed by atoms with van der Waals surface area (Å²) in [7, 11) is 0. The molecule has 0 saturated carbocycles. The summed E-state index contributed by atoms with van der Waals surface area (Å²) in [6, 6.07) is 118. The Morgan fingerprint density at radius 1 is 0.222 bits per heavy atom. The zero-order chi connectivity index (χ0) is 54.2. The molecule has 81 heavy (non-hydrogen) atoms. The molecule has 13 rings (SSSR count). The van der Waals surface area contributed by atoms with Gasteiger partial charge in [-0.25, -0.2) is 0 Å². The molecule has 1 heterocycles. The van der Waals surface area contributed by atoms with E-state index in [1.165, 1.54) is 11.3 Å². The van der Waals surface area contributed by atoms with Crippen molar-refractivity contribution in [2.24, 2.45) is 0 Å². The van der Waals surface area contributed by atoms with E-state index in [1.54, 1.807) is 0 Å². The van der Waals surface area contributed by atoms with Crippen molar-refractivity contribution in [3.05, 3.63) is 333 Å². The third-order valence-corrected chi connectivity index (χ3v) is 15.0. The van der Waals surface area contributed by atoms with Crippen molar-refractivity contribution < 1.29 is 0 Å². The molecule has 390 valence electrons. The highest BCUT2D eigenvalue weighted by Gasteiger charge is 2.29. The van der Waals surface area contributed by atoms with Crippen LogP contribution in [-0.2, 0) is 6.42 Å². The first-order valence-corrected chi connectivity index (χ1v) is 27.9. The predicted octanol–water partition coefficient (Wildman–Crippen LogP) is 21.1. The molecule has 0 radical (unpaired) electrons. The maximum absolute atomic E-state index is 2.56. The van der Waals surface area contributed by atoms with Crippen molar-refractivity contribution in [3.63, 3.8) is 0 Å². The van der Waals surface area contributed by atoms with E-state index in [1.807, 2.05) is 0 Å². The fourth-order valence-corrected chi connectivity index (χ4v) is 11.5. The van der Waals surface area contributed by atoms with Gasteiger partial charge in [0.2, 0.25) is 0 Å². The minimum Gasteiger partial charge on any atom is -0.341 e. The Morgan fingerprint density at radius 2 is 0.469 bits per heavy atom. The number of hydrogen-bond donors (Lipinski definition) is 0. The molecule has 1 aliphatic heterocycles. The van der Waals surface area contributed by atoms with Crippen LogP contribution in [0.4, 0.5) is 96.7 Å². The normalized spacial score (nSPS) is 11.8. The number of nitrogens with zero attached hydrogens (tertiary/aromatic N) is 6. The minimum atomic E-state index is 0.837. The van der Waals surface area contributed by atoms with Gasteiger partial charge in [-0.1, -0.05) is 170 Å². The van der Waals surface area contributed by atoms with Gasteiger partial charge in [0.15, 0.2) is 0 Å². The van der Waals surface area contributed by atoms with E-state index in [2.05, 4.69) is 357 Å². The highest BCUT2D eigenvalue weighted by molar-refractivity contribution is 5.93. The van der Waals surface area contributed by atoms with Crippen molar-refractivity contribution in [1.82, 2.24) is 0 Å². The summed E-state index contributed by atoms with van der Waals surface area (Å²) in [5.41, 5.74) is 19.5. The lowest BCUT2D eigenvalue weighted by atomic mass is 9.97. The second-order valence-electron chi connectivity index (χ2n) is 20.1. The Hall–Kier alpha value is -10.6. The molecule has 0 fully saturated rings. The van der Waals surface area contributed by atoms with Gasteiger partial charge >= 0.3 is 0 Å². The average Bonchev–Trinajstić information content (AvgIpc) is 3.67. The smallest absolute Gasteiger partial charge is 0.0514 e. The van der Waals surface area contributed by atoms with Gasteiger partial charge in [-0.3, -0.25) is 0 Å². The number of para-hydroxylation sites is 9. The van der Waals surface area contributed by atoms with E-state index in [0.717, 1.165) is 110 Å². The highest BCUT2D eigenvalue weighted by atomic mass is 15.2. The molecule has 0 N–H and O–H groups in total. The Bertz CT molecular complexity index is 3610. The fourth-order valence-electron chi connectivity index (χ4n) is 11.5. The van der Waals surface area contributed by atoms with Crippen LogP contribution in [0.1, 0.15) is 12.0 Å². The Morgan fingerprint density at radius 3 is 0.753 bits per heavy atom. The van der Waals surface area contributed by atoms with Crippen LogP contribution in [0.2, 0.25) is 0 Å². The first-order chi connectivity index (χ1) is 40.2. The topological polar surface area (TPSA) is 19.4 Å². The van der Waals surface area contributed by atoms with Crippen molar-refractivity contribution in [1.29, 1.82) is 0 Å². The lowest BCUT2D eigenvalue weighted by Crippen LogP contribution is -2.27. The van der Waals surface area contributed by atoms with Crippen LogP contribution in [0.15, 0.2) is 328 Å². The zero-order valence-corrected chi connectivity index (χ0v) is 45.0. The SMILES string of the molecule is c1ccc(N(c2ccccc2)c2cc(N3CCCc4c3cccc4N(c3ccccc3)c3cc(N(c4ccccc4)c4ccccc4)cc(N(c4ccccc4)c4ccccc4)c3)cc(N(c3ccccc3)c3ccccc3)c2)cc1. The third-order valence-electron chi connectivity index (χ3n) is 15.0. The molecule has 1 aliphatic rings. The number of hydrogen-bond acceptors (Lipinski definition) is 6. The summed E-state index contributed by atoms with van der Waals surface area (Å²) in [5, 5.41) is 0.